The number of carbonyl (C=O) groups is 1. The minimum absolute atomic E-state index is 0.0301. The van der Waals surface area contributed by atoms with Crippen LogP contribution in [0.2, 0.25) is 0 Å². The number of rotatable bonds is 3. The van der Waals surface area contributed by atoms with Crippen molar-refractivity contribution >= 4 is 17.3 Å². The van der Waals surface area contributed by atoms with Gasteiger partial charge in [0.25, 0.3) is 0 Å². The van der Waals surface area contributed by atoms with Crippen molar-refractivity contribution in [2.75, 3.05) is 30.5 Å². The molecule has 0 aliphatic carbocycles. The van der Waals surface area contributed by atoms with Crippen LogP contribution in [-0.4, -0.2) is 31.6 Å². The third-order valence-electron chi connectivity index (χ3n) is 4.01. The van der Waals surface area contributed by atoms with Crippen molar-refractivity contribution < 1.29 is 13.9 Å². The van der Waals surface area contributed by atoms with E-state index in [4.69, 9.17) is 4.74 Å². The lowest BCUT2D eigenvalue weighted by Crippen LogP contribution is -2.26. The van der Waals surface area contributed by atoms with Crippen LogP contribution in [-0.2, 0) is 11.3 Å². The summed E-state index contributed by atoms with van der Waals surface area (Å²) in [6.07, 6.45) is 2.04. The molecule has 1 amide bonds. The Balaban J connectivity index is 2.00. The summed E-state index contributed by atoms with van der Waals surface area (Å²) in [6, 6.07) is 8.30. The fourth-order valence-electron chi connectivity index (χ4n) is 2.78. The maximum atomic E-state index is 13.6. The van der Waals surface area contributed by atoms with E-state index in [2.05, 4.69) is 9.88 Å². The molecule has 0 radical (unpaired) electrons. The van der Waals surface area contributed by atoms with Crippen molar-refractivity contribution in [2.24, 2.45) is 0 Å². The first-order valence-electron chi connectivity index (χ1n) is 7.39. The van der Waals surface area contributed by atoms with Crippen LogP contribution in [0, 0.1) is 5.82 Å². The van der Waals surface area contributed by atoms with Crippen molar-refractivity contribution in [1.29, 1.82) is 0 Å². The van der Waals surface area contributed by atoms with E-state index in [1.807, 2.05) is 12.1 Å². The molecular weight excluding hydrogens is 297 g/mol. The molecule has 0 spiro atoms. The first kappa shape index (κ1) is 15.3. The van der Waals surface area contributed by atoms with Crippen LogP contribution in [0.4, 0.5) is 15.8 Å². The second-order valence-corrected chi connectivity index (χ2v) is 5.43. The fourth-order valence-corrected chi connectivity index (χ4v) is 2.78. The number of halogens is 1. The maximum absolute atomic E-state index is 13.6. The molecule has 0 bridgehead atoms. The van der Waals surface area contributed by atoms with E-state index in [-0.39, 0.29) is 11.7 Å². The number of amides is 1. The number of carbonyl (C=O) groups excluding carboxylic acids is 1. The minimum Gasteiger partial charge on any atom is -0.481 e. The lowest BCUT2D eigenvalue weighted by Gasteiger charge is -2.26. The zero-order chi connectivity index (χ0) is 16.4. The van der Waals surface area contributed by atoms with Crippen LogP contribution < -0.4 is 14.5 Å². The van der Waals surface area contributed by atoms with Gasteiger partial charge in [0.2, 0.25) is 11.8 Å². The second kappa shape index (κ2) is 6.24. The Morgan fingerprint density at radius 2 is 2.13 bits per heavy atom. The van der Waals surface area contributed by atoms with E-state index in [1.165, 1.54) is 17.0 Å². The van der Waals surface area contributed by atoms with Gasteiger partial charge in [-0.1, -0.05) is 6.07 Å². The molecule has 6 heteroatoms. The fraction of sp³-hybridized carbons (Fsp3) is 0.294. The monoisotopic (exact) mass is 315 g/mol. The molecule has 0 N–H and O–H groups in total. The zero-order valence-corrected chi connectivity index (χ0v) is 13.1. The third kappa shape index (κ3) is 2.97. The number of fused-ring (bicyclic) bond motifs is 1. The molecule has 1 aliphatic rings. The summed E-state index contributed by atoms with van der Waals surface area (Å²) in [5.41, 5.74) is 2.32. The van der Waals surface area contributed by atoms with Crippen molar-refractivity contribution in [3.63, 3.8) is 0 Å². The number of hydrogen-bond acceptors (Lipinski definition) is 4. The Kier molecular flexibility index (Phi) is 4.14. The number of methoxy groups -OCH3 is 1. The average molecular weight is 315 g/mol. The van der Waals surface area contributed by atoms with Crippen molar-refractivity contribution in [1.82, 2.24) is 4.98 Å². The Morgan fingerprint density at radius 1 is 1.30 bits per heavy atom. The van der Waals surface area contributed by atoms with E-state index in [0.29, 0.717) is 31.1 Å². The predicted molar refractivity (Wildman–Crippen MR) is 86.3 cm³/mol. The quantitative estimate of drug-likeness (QED) is 0.873. The lowest BCUT2D eigenvalue weighted by molar-refractivity contribution is -0.118. The second-order valence-electron chi connectivity index (χ2n) is 5.43. The molecule has 23 heavy (non-hydrogen) atoms. The van der Waals surface area contributed by atoms with Gasteiger partial charge >= 0.3 is 0 Å². The number of pyridine rings is 1. The van der Waals surface area contributed by atoms with Gasteiger partial charge in [0.15, 0.2) is 0 Å². The molecule has 0 saturated carbocycles. The van der Waals surface area contributed by atoms with Gasteiger partial charge in [0.1, 0.15) is 5.82 Å². The van der Waals surface area contributed by atoms with Crippen LogP contribution in [0.1, 0.15) is 12.0 Å². The summed E-state index contributed by atoms with van der Waals surface area (Å²) < 4.78 is 18.9. The van der Waals surface area contributed by atoms with Crippen LogP contribution in [0.25, 0.3) is 0 Å². The smallest absolute Gasteiger partial charge is 0.228 e. The van der Waals surface area contributed by atoms with Crippen LogP contribution in [0.3, 0.4) is 0 Å². The highest BCUT2D eigenvalue weighted by Crippen LogP contribution is 2.34. The molecule has 2 heterocycles. The molecule has 1 aromatic heterocycles. The van der Waals surface area contributed by atoms with Crippen LogP contribution in [0.5, 0.6) is 5.88 Å². The Bertz CT molecular complexity index is 736. The summed E-state index contributed by atoms with van der Waals surface area (Å²) in [4.78, 5) is 19.9. The minimum atomic E-state index is -0.357. The van der Waals surface area contributed by atoms with Gasteiger partial charge in [-0.05, 0) is 24.3 Å². The van der Waals surface area contributed by atoms with E-state index in [1.54, 1.807) is 26.4 Å². The number of nitrogens with zero attached hydrogens (tertiary/aromatic N) is 3. The molecule has 0 saturated heterocycles. The summed E-state index contributed by atoms with van der Waals surface area (Å²) in [5, 5.41) is 0. The maximum Gasteiger partial charge on any atom is 0.228 e. The van der Waals surface area contributed by atoms with Gasteiger partial charge in [0, 0.05) is 38.3 Å². The third-order valence-corrected chi connectivity index (χ3v) is 4.01. The largest absolute Gasteiger partial charge is 0.481 e. The first-order valence-corrected chi connectivity index (χ1v) is 7.39. The normalized spacial score (nSPS) is 14.5. The van der Waals surface area contributed by atoms with Crippen LogP contribution in [0.15, 0.2) is 36.5 Å². The van der Waals surface area contributed by atoms with E-state index >= 15 is 0 Å². The van der Waals surface area contributed by atoms with Crippen molar-refractivity contribution in [2.45, 2.75) is 13.0 Å². The average Bonchev–Trinajstić information content (AvgIpc) is 2.68. The number of ether oxygens (including phenoxy) is 1. The highest BCUT2D eigenvalue weighted by molar-refractivity contribution is 5.98. The highest BCUT2D eigenvalue weighted by Gasteiger charge is 2.24. The molecule has 120 valence electrons. The van der Waals surface area contributed by atoms with E-state index in [9.17, 15) is 9.18 Å². The number of aromatic nitrogens is 1. The number of anilines is 2. The van der Waals surface area contributed by atoms with Gasteiger partial charge < -0.3 is 14.5 Å². The Labute approximate surface area is 134 Å². The van der Waals surface area contributed by atoms with E-state index in [0.717, 1.165) is 11.3 Å². The van der Waals surface area contributed by atoms with Crippen molar-refractivity contribution in [3.05, 3.63) is 47.9 Å². The molecule has 0 fully saturated rings. The van der Waals surface area contributed by atoms with Gasteiger partial charge in [-0.25, -0.2) is 9.37 Å². The Hall–Kier alpha value is -2.63. The summed E-state index contributed by atoms with van der Waals surface area (Å²) in [6.45, 7) is 1.09. The topological polar surface area (TPSA) is 45.7 Å². The molecular formula is C17H18FN3O2. The summed E-state index contributed by atoms with van der Waals surface area (Å²) >= 11 is 0. The lowest BCUT2D eigenvalue weighted by atomic mass is 10.2. The van der Waals surface area contributed by atoms with Gasteiger partial charge in [-0.3, -0.25) is 4.79 Å². The molecule has 5 nitrogen and oxygen atoms in total. The number of hydrogen-bond donors (Lipinski definition) is 0. The van der Waals surface area contributed by atoms with E-state index < -0.39 is 0 Å². The molecule has 0 atom stereocenters. The van der Waals surface area contributed by atoms with Gasteiger partial charge in [-0.15, -0.1) is 0 Å². The summed E-state index contributed by atoms with van der Waals surface area (Å²) in [5.74, 6) is 0.168. The predicted octanol–water partition coefficient (Wildman–Crippen LogP) is 2.60. The molecule has 2 aromatic rings. The van der Waals surface area contributed by atoms with Crippen LogP contribution >= 0.6 is 0 Å². The SMILES string of the molecule is COc1ncccc1CN1CCC(=O)N(C)c2cc(F)ccc21. The molecule has 0 unspecified atom stereocenters. The number of benzene rings is 1. The summed E-state index contributed by atoms with van der Waals surface area (Å²) in [7, 11) is 3.25. The first-order chi connectivity index (χ1) is 11.1. The van der Waals surface area contributed by atoms with Gasteiger partial charge in [-0.2, -0.15) is 0 Å². The Morgan fingerprint density at radius 3 is 2.91 bits per heavy atom. The molecule has 1 aromatic carbocycles. The zero-order valence-electron chi connectivity index (χ0n) is 13.1. The highest BCUT2D eigenvalue weighted by atomic mass is 19.1. The van der Waals surface area contributed by atoms with Gasteiger partial charge in [0.05, 0.1) is 18.5 Å². The molecule has 3 rings (SSSR count). The molecule has 1 aliphatic heterocycles. The van der Waals surface area contributed by atoms with Crippen molar-refractivity contribution in [3.8, 4) is 5.88 Å². The standard InChI is InChI=1S/C17H18FN3O2/c1-20-15-10-13(18)5-6-14(15)21(9-7-16(20)22)11-12-4-3-8-19-17(12)23-2/h3-6,8,10H,7,9,11H2,1-2H3.